The highest BCUT2D eigenvalue weighted by atomic mass is 79.9. The number of nitrogens with zero attached hydrogens (tertiary/aromatic N) is 3. The van der Waals surface area contributed by atoms with Gasteiger partial charge < -0.3 is 10.1 Å². The number of imide groups is 1. The molecule has 0 aliphatic carbocycles. The number of ether oxygens (including phenoxy) is 1. The summed E-state index contributed by atoms with van der Waals surface area (Å²) < 4.78 is 9.82. The van der Waals surface area contributed by atoms with Crippen LogP contribution in [0.2, 0.25) is 25.7 Å². The molecule has 3 heterocycles. The number of carbonyl (C=O) groups is 2. The molecule has 2 aromatic rings. The number of carbonyl (C=O) groups excluding carboxylic acids is 2. The van der Waals surface area contributed by atoms with Gasteiger partial charge in [0.1, 0.15) is 12.8 Å². The highest BCUT2D eigenvalue weighted by molar-refractivity contribution is 9.10. The Morgan fingerprint density at radius 3 is 2.73 bits per heavy atom. The zero-order valence-corrected chi connectivity index (χ0v) is 20.1. The molecule has 2 aliphatic heterocycles. The predicted molar refractivity (Wildman–Crippen MR) is 121 cm³/mol. The van der Waals surface area contributed by atoms with Crippen molar-refractivity contribution in [3.05, 3.63) is 27.1 Å². The standard InChI is InChI=1S/C20H27BrN4O4Si/c1-30(2,3)11-10-29-12-24-16(26)7-6-15(19(24)27)25-14-5-4-13(21)17-18(14)23(20(25)28)9-8-22-17/h4-5,15,22H,6-12H2,1-3H3. The van der Waals surface area contributed by atoms with Crippen LogP contribution in [-0.2, 0) is 20.9 Å². The quantitative estimate of drug-likeness (QED) is 0.379. The first kappa shape index (κ1) is 21.3. The molecule has 4 rings (SSSR count). The van der Waals surface area contributed by atoms with E-state index >= 15 is 0 Å². The Hall–Kier alpha value is -1.91. The van der Waals surface area contributed by atoms with E-state index in [0.29, 0.717) is 31.6 Å². The summed E-state index contributed by atoms with van der Waals surface area (Å²) in [5.41, 5.74) is 2.15. The molecule has 1 aromatic heterocycles. The molecule has 1 N–H and O–H groups in total. The van der Waals surface area contributed by atoms with E-state index in [0.717, 1.165) is 21.7 Å². The van der Waals surface area contributed by atoms with Gasteiger partial charge >= 0.3 is 5.69 Å². The van der Waals surface area contributed by atoms with E-state index in [2.05, 4.69) is 40.9 Å². The zero-order valence-electron chi connectivity index (χ0n) is 17.5. The number of nitrogens with one attached hydrogen (secondary N) is 1. The van der Waals surface area contributed by atoms with Crippen molar-refractivity contribution >= 4 is 52.5 Å². The fourth-order valence-corrected chi connectivity index (χ4v) is 5.27. The van der Waals surface area contributed by atoms with Gasteiger partial charge in [0.25, 0.3) is 5.91 Å². The van der Waals surface area contributed by atoms with Gasteiger partial charge in [-0.05, 0) is 40.5 Å². The van der Waals surface area contributed by atoms with Crippen molar-refractivity contribution < 1.29 is 14.3 Å². The molecule has 1 unspecified atom stereocenters. The van der Waals surface area contributed by atoms with Crippen LogP contribution < -0.4 is 11.0 Å². The first-order chi connectivity index (χ1) is 14.2. The van der Waals surface area contributed by atoms with Gasteiger partial charge in [-0.3, -0.25) is 23.6 Å². The van der Waals surface area contributed by atoms with Crippen molar-refractivity contribution in [2.24, 2.45) is 0 Å². The zero-order chi connectivity index (χ0) is 21.6. The van der Waals surface area contributed by atoms with Gasteiger partial charge in [-0.2, -0.15) is 0 Å². The third-order valence-electron chi connectivity index (χ3n) is 5.72. The summed E-state index contributed by atoms with van der Waals surface area (Å²) in [7, 11) is -1.26. The second-order valence-corrected chi connectivity index (χ2v) is 15.6. The number of amides is 2. The number of imidazole rings is 1. The molecule has 1 saturated heterocycles. The average Bonchev–Trinajstić information content (AvgIpc) is 2.97. The summed E-state index contributed by atoms with van der Waals surface area (Å²) in [6.45, 7) is 8.40. The van der Waals surface area contributed by atoms with Gasteiger partial charge in [-0.25, -0.2) is 4.79 Å². The van der Waals surface area contributed by atoms with Crippen LogP contribution in [0, 0.1) is 0 Å². The van der Waals surface area contributed by atoms with Crippen LogP contribution in [-0.4, -0.2) is 53.8 Å². The van der Waals surface area contributed by atoms with Crippen molar-refractivity contribution in [1.29, 1.82) is 0 Å². The third kappa shape index (κ3) is 3.76. The Kier molecular flexibility index (Phi) is 5.67. The molecule has 0 spiro atoms. The van der Waals surface area contributed by atoms with Crippen LogP contribution in [0.25, 0.3) is 11.0 Å². The fourth-order valence-electron chi connectivity index (χ4n) is 4.05. The number of piperidine rings is 1. The molecule has 2 aliphatic rings. The molecule has 2 amide bonds. The van der Waals surface area contributed by atoms with E-state index in [4.69, 9.17) is 4.74 Å². The molecular weight excluding hydrogens is 468 g/mol. The van der Waals surface area contributed by atoms with E-state index < -0.39 is 14.1 Å². The molecule has 0 saturated carbocycles. The maximum Gasteiger partial charge on any atom is 0.329 e. The lowest BCUT2D eigenvalue weighted by molar-refractivity contribution is -0.157. The Bertz CT molecular complexity index is 1070. The number of hydrogen-bond acceptors (Lipinski definition) is 5. The van der Waals surface area contributed by atoms with Gasteiger partial charge in [0.05, 0.1) is 16.7 Å². The number of aromatic nitrogens is 2. The molecule has 10 heteroatoms. The Balaban J connectivity index is 1.63. The van der Waals surface area contributed by atoms with Gasteiger partial charge in [0, 0.05) is 38.7 Å². The lowest BCUT2D eigenvalue weighted by atomic mass is 10.0. The van der Waals surface area contributed by atoms with Gasteiger partial charge in [-0.15, -0.1) is 0 Å². The van der Waals surface area contributed by atoms with Gasteiger partial charge in [0.2, 0.25) is 5.91 Å². The van der Waals surface area contributed by atoms with Crippen molar-refractivity contribution in [3.63, 3.8) is 0 Å². The van der Waals surface area contributed by atoms with Crippen LogP contribution in [0.1, 0.15) is 18.9 Å². The number of benzene rings is 1. The minimum absolute atomic E-state index is 0.0512. The number of rotatable bonds is 6. The SMILES string of the molecule is C[Si](C)(C)CCOCN1C(=O)CCC(n2c(=O)n3c4c(c(Br)ccc42)NCC3)C1=O. The van der Waals surface area contributed by atoms with Gasteiger partial charge in [0.15, 0.2) is 0 Å². The Morgan fingerprint density at radius 1 is 1.23 bits per heavy atom. The molecule has 30 heavy (non-hydrogen) atoms. The maximum absolute atomic E-state index is 13.2. The molecule has 8 nitrogen and oxygen atoms in total. The average molecular weight is 495 g/mol. The molecule has 162 valence electrons. The lowest BCUT2D eigenvalue weighted by Crippen LogP contribution is -2.48. The minimum atomic E-state index is -1.26. The summed E-state index contributed by atoms with van der Waals surface area (Å²) in [5.74, 6) is -0.604. The van der Waals surface area contributed by atoms with Crippen molar-refractivity contribution in [2.45, 2.75) is 51.1 Å². The second kappa shape index (κ2) is 7.97. The van der Waals surface area contributed by atoms with E-state index in [-0.39, 0.29) is 30.7 Å². The molecule has 0 radical (unpaired) electrons. The molecule has 1 aromatic carbocycles. The normalized spacial score (nSPS) is 19.5. The predicted octanol–water partition coefficient (Wildman–Crippen LogP) is 2.99. The third-order valence-corrected chi connectivity index (χ3v) is 8.09. The van der Waals surface area contributed by atoms with Gasteiger partial charge in [-0.1, -0.05) is 19.6 Å². The fraction of sp³-hybridized carbons (Fsp3) is 0.550. The van der Waals surface area contributed by atoms with Crippen LogP contribution in [0.5, 0.6) is 0 Å². The smallest absolute Gasteiger partial charge is 0.329 e. The highest BCUT2D eigenvalue weighted by Gasteiger charge is 2.38. The van der Waals surface area contributed by atoms with E-state index in [1.807, 2.05) is 12.1 Å². The topological polar surface area (TPSA) is 85.6 Å². The summed E-state index contributed by atoms with van der Waals surface area (Å²) in [6.07, 6.45) is 0.537. The number of likely N-dealkylation sites (tertiary alicyclic amines) is 1. The molecule has 1 atom stereocenters. The summed E-state index contributed by atoms with van der Waals surface area (Å²) in [6, 6.07) is 3.99. The largest absolute Gasteiger partial charge is 0.381 e. The monoisotopic (exact) mass is 494 g/mol. The maximum atomic E-state index is 13.2. The second-order valence-electron chi connectivity index (χ2n) is 9.08. The number of halogens is 1. The Labute approximate surface area is 184 Å². The number of hydrogen-bond donors (Lipinski definition) is 1. The van der Waals surface area contributed by atoms with Crippen molar-refractivity contribution in [3.8, 4) is 0 Å². The van der Waals surface area contributed by atoms with Crippen molar-refractivity contribution in [2.75, 3.05) is 25.2 Å². The van der Waals surface area contributed by atoms with Crippen LogP contribution in [0.15, 0.2) is 21.4 Å². The van der Waals surface area contributed by atoms with E-state index in [1.165, 1.54) is 4.90 Å². The summed E-state index contributed by atoms with van der Waals surface area (Å²) in [5, 5.41) is 3.33. The van der Waals surface area contributed by atoms with Crippen LogP contribution in [0.4, 0.5) is 5.69 Å². The molecular formula is C20H27BrN4O4Si. The highest BCUT2D eigenvalue weighted by Crippen LogP contribution is 2.35. The van der Waals surface area contributed by atoms with Crippen LogP contribution in [0.3, 0.4) is 0 Å². The van der Waals surface area contributed by atoms with E-state index in [1.54, 1.807) is 9.13 Å². The minimum Gasteiger partial charge on any atom is -0.381 e. The van der Waals surface area contributed by atoms with Crippen LogP contribution >= 0.6 is 15.9 Å². The lowest BCUT2D eigenvalue weighted by Gasteiger charge is -2.31. The van der Waals surface area contributed by atoms with Crippen molar-refractivity contribution in [1.82, 2.24) is 14.0 Å². The first-order valence-corrected chi connectivity index (χ1v) is 14.8. The Morgan fingerprint density at radius 2 is 2.00 bits per heavy atom. The molecule has 0 bridgehead atoms. The summed E-state index contributed by atoms with van der Waals surface area (Å²) >= 11 is 3.53. The molecule has 1 fully saturated rings. The first-order valence-electron chi connectivity index (χ1n) is 10.3. The number of anilines is 1. The summed E-state index contributed by atoms with van der Waals surface area (Å²) in [4.78, 5) is 40.0. The van der Waals surface area contributed by atoms with E-state index in [9.17, 15) is 14.4 Å².